The van der Waals surface area contributed by atoms with Crippen LogP contribution in [0.3, 0.4) is 0 Å². The van der Waals surface area contributed by atoms with Crippen LogP contribution in [0, 0.1) is 0 Å². The summed E-state index contributed by atoms with van der Waals surface area (Å²) in [6.07, 6.45) is 0. The molecule has 0 saturated carbocycles. The van der Waals surface area contributed by atoms with E-state index in [1.54, 1.807) is 6.07 Å². The van der Waals surface area contributed by atoms with E-state index in [0.717, 1.165) is 43.5 Å². The molecule has 0 aliphatic carbocycles. The number of furan rings is 1. The molecule has 0 aliphatic heterocycles. The van der Waals surface area contributed by atoms with Gasteiger partial charge in [-0.2, -0.15) is 0 Å². The Balaban J connectivity index is 1.91. The second-order valence-electron chi connectivity index (χ2n) is 6.09. The Morgan fingerprint density at radius 2 is 1.42 bits per heavy atom. The largest absolute Gasteiger partial charge is 0.488 e. The van der Waals surface area contributed by atoms with Crippen molar-refractivity contribution < 1.29 is 14.5 Å². The van der Waals surface area contributed by atoms with Gasteiger partial charge in [-0.25, -0.2) is 0 Å². The third-order valence-corrected chi connectivity index (χ3v) is 4.66. The van der Waals surface area contributed by atoms with E-state index in [1.807, 2.05) is 42.5 Å². The van der Waals surface area contributed by atoms with Gasteiger partial charge >= 0.3 is 7.12 Å². The van der Waals surface area contributed by atoms with Gasteiger partial charge in [-0.05, 0) is 45.2 Å². The number of para-hydroxylation sites is 1. The number of rotatable bonds is 1. The summed E-state index contributed by atoms with van der Waals surface area (Å²) in [5.41, 5.74) is 2.26. The Hall–Kier alpha value is -2.82. The van der Waals surface area contributed by atoms with Gasteiger partial charge in [0, 0.05) is 10.8 Å². The van der Waals surface area contributed by atoms with Crippen molar-refractivity contribution in [3.63, 3.8) is 0 Å². The summed E-state index contributed by atoms with van der Waals surface area (Å²) in [5.74, 6) is 0. The number of fused-ring (bicyclic) bond motifs is 6. The number of hydrogen-bond acceptors (Lipinski definition) is 3. The molecule has 4 heteroatoms. The van der Waals surface area contributed by atoms with Crippen molar-refractivity contribution in [2.24, 2.45) is 0 Å². The van der Waals surface area contributed by atoms with Gasteiger partial charge in [-0.1, -0.05) is 48.5 Å². The first-order valence-corrected chi connectivity index (χ1v) is 7.84. The van der Waals surface area contributed by atoms with Crippen molar-refractivity contribution in [2.45, 2.75) is 0 Å². The normalized spacial score (nSPS) is 11.8. The molecule has 0 fully saturated rings. The molecule has 114 valence electrons. The van der Waals surface area contributed by atoms with Crippen LogP contribution in [-0.4, -0.2) is 17.2 Å². The summed E-state index contributed by atoms with van der Waals surface area (Å²) in [7, 11) is -1.45. The van der Waals surface area contributed by atoms with Gasteiger partial charge in [-0.3, -0.25) is 0 Å². The predicted octanol–water partition coefficient (Wildman–Crippen LogP) is 3.57. The standard InChI is InChI=1S/C20H13BO3/c22-21(23)14-7-8-15-12(9-14)5-6-13-10-20-18(11-17(13)15)16-3-1-2-4-19(16)24-20/h1-11,22-23H. The summed E-state index contributed by atoms with van der Waals surface area (Å²) >= 11 is 0. The van der Waals surface area contributed by atoms with Crippen molar-refractivity contribution >= 4 is 56.1 Å². The first kappa shape index (κ1) is 13.6. The highest BCUT2D eigenvalue weighted by molar-refractivity contribution is 6.59. The van der Waals surface area contributed by atoms with Crippen LogP contribution in [0.25, 0.3) is 43.5 Å². The Labute approximate surface area is 137 Å². The fraction of sp³-hybridized carbons (Fsp3) is 0. The van der Waals surface area contributed by atoms with Crippen LogP contribution in [0.1, 0.15) is 0 Å². The quantitative estimate of drug-likeness (QED) is 0.367. The fourth-order valence-electron chi connectivity index (χ4n) is 3.46. The van der Waals surface area contributed by atoms with Gasteiger partial charge in [0.2, 0.25) is 0 Å². The zero-order chi connectivity index (χ0) is 16.3. The lowest BCUT2D eigenvalue weighted by Gasteiger charge is -2.06. The fourth-order valence-corrected chi connectivity index (χ4v) is 3.46. The molecule has 5 rings (SSSR count). The molecule has 24 heavy (non-hydrogen) atoms. The molecule has 0 amide bonds. The topological polar surface area (TPSA) is 53.6 Å². The van der Waals surface area contributed by atoms with E-state index in [0.29, 0.717) is 5.46 Å². The summed E-state index contributed by atoms with van der Waals surface area (Å²) in [4.78, 5) is 0. The third-order valence-electron chi connectivity index (χ3n) is 4.66. The number of benzene rings is 4. The second kappa shape index (κ2) is 4.84. The van der Waals surface area contributed by atoms with Gasteiger partial charge in [-0.15, -0.1) is 0 Å². The lowest BCUT2D eigenvalue weighted by atomic mass is 9.79. The van der Waals surface area contributed by atoms with Crippen LogP contribution in [0.5, 0.6) is 0 Å². The van der Waals surface area contributed by atoms with E-state index in [-0.39, 0.29) is 0 Å². The molecule has 3 nitrogen and oxygen atoms in total. The molecule has 0 atom stereocenters. The average Bonchev–Trinajstić information content (AvgIpc) is 2.96. The van der Waals surface area contributed by atoms with E-state index in [2.05, 4.69) is 18.2 Å². The molecule has 1 aromatic heterocycles. The maximum absolute atomic E-state index is 9.37. The molecule has 0 bridgehead atoms. The maximum atomic E-state index is 9.37. The van der Waals surface area contributed by atoms with Gasteiger partial charge in [0.15, 0.2) is 0 Å². The molecular weight excluding hydrogens is 299 g/mol. The molecule has 2 N–H and O–H groups in total. The van der Waals surface area contributed by atoms with Gasteiger partial charge in [0.25, 0.3) is 0 Å². The highest BCUT2D eigenvalue weighted by Gasteiger charge is 2.13. The van der Waals surface area contributed by atoms with Crippen LogP contribution in [-0.2, 0) is 0 Å². The van der Waals surface area contributed by atoms with Crippen molar-refractivity contribution in [1.82, 2.24) is 0 Å². The predicted molar refractivity (Wildman–Crippen MR) is 98.6 cm³/mol. The van der Waals surface area contributed by atoms with E-state index >= 15 is 0 Å². The summed E-state index contributed by atoms with van der Waals surface area (Å²) < 4.78 is 5.96. The van der Waals surface area contributed by atoms with Crippen LogP contribution >= 0.6 is 0 Å². The van der Waals surface area contributed by atoms with Gasteiger partial charge in [0.05, 0.1) is 0 Å². The summed E-state index contributed by atoms with van der Waals surface area (Å²) in [6.45, 7) is 0. The highest BCUT2D eigenvalue weighted by Crippen LogP contribution is 2.34. The maximum Gasteiger partial charge on any atom is 0.488 e. The number of hydrogen-bond donors (Lipinski definition) is 2. The monoisotopic (exact) mass is 312 g/mol. The molecule has 0 unspecified atom stereocenters. The van der Waals surface area contributed by atoms with Crippen LogP contribution in [0.4, 0.5) is 0 Å². The minimum Gasteiger partial charge on any atom is -0.456 e. The van der Waals surface area contributed by atoms with Gasteiger partial charge in [0.1, 0.15) is 11.2 Å². The third kappa shape index (κ3) is 1.87. The molecule has 1 heterocycles. The Morgan fingerprint density at radius 3 is 2.25 bits per heavy atom. The molecule has 0 aliphatic rings. The van der Waals surface area contributed by atoms with E-state index < -0.39 is 7.12 Å². The summed E-state index contributed by atoms with van der Waals surface area (Å²) in [6, 6.07) is 21.8. The van der Waals surface area contributed by atoms with Crippen LogP contribution in [0.2, 0.25) is 0 Å². The molecular formula is C20H13BO3. The average molecular weight is 312 g/mol. The smallest absolute Gasteiger partial charge is 0.456 e. The zero-order valence-corrected chi connectivity index (χ0v) is 12.7. The lowest BCUT2D eigenvalue weighted by Crippen LogP contribution is -2.29. The first-order valence-electron chi connectivity index (χ1n) is 7.84. The van der Waals surface area contributed by atoms with Crippen molar-refractivity contribution in [3.05, 3.63) is 66.7 Å². The van der Waals surface area contributed by atoms with E-state index in [9.17, 15) is 10.0 Å². The van der Waals surface area contributed by atoms with Crippen LogP contribution < -0.4 is 5.46 Å². The minimum absolute atomic E-state index is 0.497. The van der Waals surface area contributed by atoms with E-state index in [1.165, 1.54) is 0 Å². The molecule has 4 aromatic carbocycles. The van der Waals surface area contributed by atoms with Gasteiger partial charge < -0.3 is 14.5 Å². The van der Waals surface area contributed by atoms with Crippen molar-refractivity contribution in [1.29, 1.82) is 0 Å². The SMILES string of the molecule is OB(O)c1ccc2c(ccc3cc4oc5ccccc5c4cc32)c1. The van der Waals surface area contributed by atoms with Crippen LogP contribution in [0.15, 0.2) is 71.1 Å². The Bertz CT molecular complexity index is 1240. The lowest BCUT2D eigenvalue weighted by molar-refractivity contribution is 0.426. The molecule has 0 spiro atoms. The zero-order valence-electron chi connectivity index (χ0n) is 12.7. The van der Waals surface area contributed by atoms with E-state index in [4.69, 9.17) is 4.42 Å². The Kier molecular flexibility index (Phi) is 2.74. The summed E-state index contributed by atoms with van der Waals surface area (Å²) in [5, 5.41) is 25.2. The van der Waals surface area contributed by atoms with Crippen molar-refractivity contribution in [2.75, 3.05) is 0 Å². The highest BCUT2D eigenvalue weighted by atomic mass is 16.4. The Morgan fingerprint density at radius 1 is 0.625 bits per heavy atom. The molecule has 0 saturated heterocycles. The van der Waals surface area contributed by atoms with Crippen molar-refractivity contribution in [3.8, 4) is 0 Å². The minimum atomic E-state index is -1.45. The first-order chi connectivity index (χ1) is 11.7. The molecule has 5 aromatic rings. The molecule has 0 radical (unpaired) electrons. The second-order valence-corrected chi connectivity index (χ2v) is 6.09.